The van der Waals surface area contributed by atoms with Crippen molar-refractivity contribution in [3.63, 3.8) is 0 Å². The van der Waals surface area contributed by atoms with Gasteiger partial charge < -0.3 is 14.6 Å². The molecule has 0 spiro atoms. The van der Waals surface area contributed by atoms with Crippen molar-refractivity contribution in [3.8, 4) is 0 Å². The molecule has 2 aromatic rings. The van der Waals surface area contributed by atoms with Crippen molar-refractivity contribution in [2.75, 3.05) is 0 Å². The van der Waals surface area contributed by atoms with Crippen molar-refractivity contribution < 1.29 is 14.0 Å². The van der Waals surface area contributed by atoms with Crippen LogP contribution in [0.15, 0.2) is 28.2 Å². The second kappa shape index (κ2) is 8.21. The average molecular weight is 391 g/mol. The molecule has 3 rings (SSSR count). The molecule has 2 heterocycles. The standard InChI is InChI=1S/C19H26N4O3S/c1-19(2,3)20-17(24)16(15-10-7-11-26-15)23(13-8-5-4-6-9-13)18(25)14-12-27-22-21-14/h7,10-13,16H,4-6,8-9H2,1-3H3,(H,20,24). The van der Waals surface area contributed by atoms with E-state index in [1.165, 1.54) is 6.26 Å². The highest BCUT2D eigenvalue weighted by Crippen LogP contribution is 2.32. The summed E-state index contributed by atoms with van der Waals surface area (Å²) < 4.78 is 9.40. The van der Waals surface area contributed by atoms with Gasteiger partial charge in [-0.2, -0.15) is 0 Å². The maximum atomic E-state index is 13.3. The molecule has 1 aliphatic rings. The third-order valence-electron chi connectivity index (χ3n) is 4.62. The molecule has 0 bridgehead atoms. The van der Waals surface area contributed by atoms with Gasteiger partial charge >= 0.3 is 0 Å². The maximum absolute atomic E-state index is 13.3. The van der Waals surface area contributed by atoms with Crippen LogP contribution in [0.4, 0.5) is 0 Å². The summed E-state index contributed by atoms with van der Waals surface area (Å²) in [5.74, 6) is -0.0699. The molecule has 27 heavy (non-hydrogen) atoms. The number of nitrogens with one attached hydrogen (secondary N) is 1. The number of carbonyl (C=O) groups is 2. The van der Waals surface area contributed by atoms with Gasteiger partial charge in [-0.15, -0.1) is 5.10 Å². The van der Waals surface area contributed by atoms with E-state index in [0.717, 1.165) is 43.6 Å². The molecule has 2 amide bonds. The van der Waals surface area contributed by atoms with Crippen molar-refractivity contribution in [1.29, 1.82) is 0 Å². The lowest BCUT2D eigenvalue weighted by molar-refractivity contribution is -0.129. The fourth-order valence-corrected chi connectivity index (χ4v) is 3.95. The number of hydrogen-bond donors (Lipinski definition) is 1. The van der Waals surface area contributed by atoms with E-state index in [1.807, 2.05) is 20.8 Å². The predicted octanol–water partition coefficient (Wildman–Crippen LogP) is 3.56. The van der Waals surface area contributed by atoms with Gasteiger partial charge in [-0.1, -0.05) is 23.8 Å². The van der Waals surface area contributed by atoms with Gasteiger partial charge in [0.2, 0.25) is 0 Å². The van der Waals surface area contributed by atoms with Crippen LogP contribution in [0.5, 0.6) is 0 Å². The minimum absolute atomic E-state index is 0.0335. The molecule has 1 atom stereocenters. The molecule has 1 saturated carbocycles. The average Bonchev–Trinajstić information content (AvgIpc) is 3.31. The molecule has 0 aliphatic heterocycles. The molecule has 7 nitrogen and oxygen atoms in total. The lowest BCUT2D eigenvalue weighted by Crippen LogP contribution is -2.52. The number of aromatic nitrogens is 2. The first-order valence-corrected chi connectivity index (χ1v) is 10.2. The lowest BCUT2D eigenvalue weighted by atomic mass is 9.92. The van der Waals surface area contributed by atoms with Crippen LogP contribution in [-0.2, 0) is 4.79 Å². The minimum Gasteiger partial charge on any atom is -0.467 e. The molecule has 2 aromatic heterocycles. The number of hydrogen-bond acceptors (Lipinski definition) is 6. The summed E-state index contributed by atoms with van der Waals surface area (Å²) in [5, 5.41) is 8.57. The van der Waals surface area contributed by atoms with E-state index in [4.69, 9.17) is 4.42 Å². The van der Waals surface area contributed by atoms with E-state index >= 15 is 0 Å². The maximum Gasteiger partial charge on any atom is 0.276 e. The number of furan rings is 1. The van der Waals surface area contributed by atoms with Crippen LogP contribution in [0.25, 0.3) is 0 Å². The fraction of sp³-hybridized carbons (Fsp3) is 0.579. The molecule has 0 saturated heterocycles. The SMILES string of the molecule is CC(C)(C)NC(=O)C(c1ccco1)N(C(=O)c1csnn1)C1CCCCC1. The number of carbonyl (C=O) groups excluding carboxylic acids is 2. The monoisotopic (exact) mass is 390 g/mol. The largest absolute Gasteiger partial charge is 0.467 e. The Balaban J connectivity index is 2.01. The van der Waals surface area contributed by atoms with Gasteiger partial charge in [0.25, 0.3) is 11.8 Å². The molecule has 1 unspecified atom stereocenters. The van der Waals surface area contributed by atoms with E-state index in [9.17, 15) is 9.59 Å². The lowest BCUT2D eigenvalue weighted by Gasteiger charge is -2.39. The Morgan fingerprint density at radius 1 is 1.30 bits per heavy atom. The Morgan fingerprint density at radius 3 is 2.59 bits per heavy atom. The Labute approximate surface area is 163 Å². The second-order valence-corrected chi connectivity index (χ2v) is 8.56. The molecule has 8 heteroatoms. The van der Waals surface area contributed by atoms with E-state index in [0.29, 0.717) is 5.76 Å². The summed E-state index contributed by atoms with van der Waals surface area (Å²) in [5.41, 5.74) is -0.156. The summed E-state index contributed by atoms with van der Waals surface area (Å²) in [7, 11) is 0. The Kier molecular flexibility index (Phi) is 5.94. The van der Waals surface area contributed by atoms with Crippen LogP contribution < -0.4 is 5.32 Å². The zero-order chi connectivity index (χ0) is 19.4. The molecule has 0 aromatic carbocycles. The molecule has 146 valence electrons. The summed E-state index contributed by atoms with van der Waals surface area (Å²) in [4.78, 5) is 28.2. The van der Waals surface area contributed by atoms with Crippen molar-refractivity contribution in [3.05, 3.63) is 35.2 Å². The predicted molar refractivity (Wildman–Crippen MR) is 102 cm³/mol. The Hall–Kier alpha value is -2.22. The summed E-state index contributed by atoms with van der Waals surface area (Å²) >= 11 is 1.13. The van der Waals surface area contributed by atoms with E-state index < -0.39 is 11.6 Å². The van der Waals surface area contributed by atoms with Gasteiger partial charge in [0.15, 0.2) is 11.7 Å². The van der Waals surface area contributed by atoms with Crippen molar-refractivity contribution in [2.45, 2.75) is 70.5 Å². The smallest absolute Gasteiger partial charge is 0.276 e. The molecule has 1 N–H and O–H groups in total. The van der Waals surface area contributed by atoms with Crippen LogP contribution in [0, 0.1) is 0 Å². The van der Waals surface area contributed by atoms with Crippen LogP contribution in [0.1, 0.15) is 75.2 Å². The summed E-state index contributed by atoms with van der Waals surface area (Å²) in [6, 6.07) is 2.61. The quantitative estimate of drug-likeness (QED) is 0.843. The summed E-state index contributed by atoms with van der Waals surface area (Å²) in [6.07, 6.45) is 6.48. The third-order valence-corrected chi connectivity index (χ3v) is 5.12. The van der Waals surface area contributed by atoms with E-state index in [2.05, 4.69) is 14.9 Å². The van der Waals surface area contributed by atoms with Crippen LogP contribution in [0.3, 0.4) is 0 Å². The van der Waals surface area contributed by atoms with Crippen LogP contribution in [-0.4, -0.2) is 37.9 Å². The van der Waals surface area contributed by atoms with Crippen molar-refractivity contribution >= 4 is 23.3 Å². The number of nitrogens with zero attached hydrogens (tertiary/aromatic N) is 3. The molecular weight excluding hydrogens is 364 g/mol. The molecule has 1 fully saturated rings. The normalized spacial score (nSPS) is 16.7. The van der Waals surface area contributed by atoms with Gasteiger partial charge in [0.1, 0.15) is 5.76 Å². The number of amides is 2. The topological polar surface area (TPSA) is 88.3 Å². The van der Waals surface area contributed by atoms with Crippen LogP contribution in [0.2, 0.25) is 0 Å². The van der Waals surface area contributed by atoms with Gasteiger partial charge in [0, 0.05) is 17.0 Å². The Bertz CT molecular complexity index is 747. The first-order valence-electron chi connectivity index (χ1n) is 9.32. The first-order chi connectivity index (χ1) is 12.9. The van der Waals surface area contributed by atoms with E-state index in [1.54, 1.807) is 22.4 Å². The van der Waals surface area contributed by atoms with E-state index in [-0.39, 0.29) is 23.6 Å². The minimum atomic E-state index is -0.837. The molecular formula is C19H26N4O3S. The fourth-order valence-electron chi connectivity index (χ4n) is 3.52. The highest BCUT2D eigenvalue weighted by Gasteiger charge is 2.40. The van der Waals surface area contributed by atoms with Crippen LogP contribution >= 0.6 is 11.5 Å². The molecule has 1 aliphatic carbocycles. The zero-order valence-corrected chi connectivity index (χ0v) is 16.8. The molecule has 0 radical (unpaired) electrons. The summed E-state index contributed by atoms with van der Waals surface area (Å²) in [6.45, 7) is 5.75. The van der Waals surface area contributed by atoms with Crippen molar-refractivity contribution in [1.82, 2.24) is 19.8 Å². The zero-order valence-electron chi connectivity index (χ0n) is 16.0. The Morgan fingerprint density at radius 2 is 2.04 bits per heavy atom. The first kappa shape index (κ1) is 19.5. The third kappa shape index (κ3) is 4.74. The second-order valence-electron chi connectivity index (χ2n) is 7.95. The van der Waals surface area contributed by atoms with Gasteiger partial charge in [-0.3, -0.25) is 9.59 Å². The van der Waals surface area contributed by atoms with Gasteiger partial charge in [0.05, 0.1) is 6.26 Å². The number of rotatable bonds is 5. The van der Waals surface area contributed by atoms with Crippen molar-refractivity contribution in [2.24, 2.45) is 0 Å². The van der Waals surface area contributed by atoms with Gasteiger partial charge in [-0.25, -0.2) is 0 Å². The highest BCUT2D eigenvalue weighted by atomic mass is 32.1. The van der Waals surface area contributed by atoms with Gasteiger partial charge in [-0.05, 0) is 57.3 Å². The highest BCUT2D eigenvalue weighted by molar-refractivity contribution is 7.03.